The van der Waals surface area contributed by atoms with Crippen LogP contribution in [0.2, 0.25) is 0 Å². The Bertz CT molecular complexity index is 670. The SMILES string of the molecule is Cc1ccn2nc(NC(C)Cn3cccn3)nc2c1. The summed E-state index contributed by atoms with van der Waals surface area (Å²) in [5.74, 6) is 0.644. The van der Waals surface area contributed by atoms with Crippen LogP contribution >= 0.6 is 0 Å². The van der Waals surface area contributed by atoms with Gasteiger partial charge in [0.05, 0.1) is 6.54 Å². The van der Waals surface area contributed by atoms with Crippen molar-refractivity contribution in [3.05, 3.63) is 42.4 Å². The molecule has 1 N–H and O–H groups in total. The van der Waals surface area contributed by atoms with Gasteiger partial charge in [0.2, 0.25) is 5.95 Å². The summed E-state index contributed by atoms with van der Waals surface area (Å²) in [6, 6.07) is 6.14. The molecule has 3 heterocycles. The van der Waals surface area contributed by atoms with Crippen LogP contribution in [0.3, 0.4) is 0 Å². The van der Waals surface area contributed by atoms with E-state index in [2.05, 4.69) is 27.4 Å². The average molecular weight is 256 g/mol. The van der Waals surface area contributed by atoms with Gasteiger partial charge in [-0.25, -0.2) is 4.52 Å². The number of pyridine rings is 1. The van der Waals surface area contributed by atoms with E-state index in [9.17, 15) is 0 Å². The Morgan fingerprint density at radius 2 is 2.26 bits per heavy atom. The number of fused-ring (bicyclic) bond motifs is 1. The van der Waals surface area contributed by atoms with Crippen LogP contribution in [0.25, 0.3) is 5.65 Å². The first-order valence-electron chi connectivity index (χ1n) is 6.28. The predicted molar refractivity (Wildman–Crippen MR) is 73.0 cm³/mol. The molecule has 0 bridgehead atoms. The van der Waals surface area contributed by atoms with Crippen LogP contribution in [0.4, 0.5) is 5.95 Å². The molecule has 0 saturated carbocycles. The van der Waals surface area contributed by atoms with E-state index in [0.29, 0.717) is 5.95 Å². The van der Waals surface area contributed by atoms with Crippen molar-refractivity contribution in [2.45, 2.75) is 26.4 Å². The normalized spacial score (nSPS) is 12.7. The molecule has 0 fully saturated rings. The highest BCUT2D eigenvalue weighted by Crippen LogP contribution is 2.08. The van der Waals surface area contributed by atoms with Crippen LogP contribution < -0.4 is 5.32 Å². The van der Waals surface area contributed by atoms with E-state index < -0.39 is 0 Å². The smallest absolute Gasteiger partial charge is 0.243 e. The minimum absolute atomic E-state index is 0.207. The van der Waals surface area contributed by atoms with E-state index in [0.717, 1.165) is 12.2 Å². The third-order valence-corrected chi connectivity index (χ3v) is 2.89. The largest absolute Gasteiger partial charge is 0.349 e. The van der Waals surface area contributed by atoms with Gasteiger partial charge in [-0.3, -0.25) is 4.68 Å². The first-order valence-corrected chi connectivity index (χ1v) is 6.28. The van der Waals surface area contributed by atoms with Crippen LogP contribution in [-0.4, -0.2) is 30.4 Å². The van der Waals surface area contributed by atoms with Gasteiger partial charge in [0.25, 0.3) is 0 Å². The van der Waals surface area contributed by atoms with Crippen molar-refractivity contribution in [3.63, 3.8) is 0 Å². The second-order valence-corrected chi connectivity index (χ2v) is 4.72. The van der Waals surface area contributed by atoms with Crippen molar-refractivity contribution in [1.82, 2.24) is 24.4 Å². The standard InChI is InChI=1S/C13H16N6/c1-10-4-7-19-12(8-10)16-13(17-19)15-11(2)9-18-6-3-5-14-18/h3-8,11H,9H2,1-2H3,(H,15,17). The molecule has 6 heteroatoms. The van der Waals surface area contributed by atoms with Crippen molar-refractivity contribution >= 4 is 11.6 Å². The molecule has 0 amide bonds. The summed E-state index contributed by atoms with van der Waals surface area (Å²) < 4.78 is 3.66. The predicted octanol–water partition coefficient (Wildman–Crippen LogP) is 1.73. The third kappa shape index (κ3) is 2.57. The number of anilines is 1. The van der Waals surface area contributed by atoms with Crippen molar-refractivity contribution in [2.75, 3.05) is 5.32 Å². The fourth-order valence-corrected chi connectivity index (χ4v) is 2.00. The molecule has 3 aromatic heterocycles. The van der Waals surface area contributed by atoms with Gasteiger partial charge in [0.15, 0.2) is 5.65 Å². The van der Waals surface area contributed by atoms with E-state index in [-0.39, 0.29) is 6.04 Å². The van der Waals surface area contributed by atoms with Gasteiger partial charge < -0.3 is 5.32 Å². The van der Waals surface area contributed by atoms with Crippen molar-refractivity contribution in [2.24, 2.45) is 0 Å². The lowest BCUT2D eigenvalue weighted by Gasteiger charge is -2.11. The van der Waals surface area contributed by atoms with Gasteiger partial charge in [-0.15, -0.1) is 5.10 Å². The quantitative estimate of drug-likeness (QED) is 0.772. The summed E-state index contributed by atoms with van der Waals surface area (Å²) in [6.07, 6.45) is 5.64. The third-order valence-electron chi connectivity index (χ3n) is 2.89. The summed E-state index contributed by atoms with van der Waals surface area (Å²) in [5.41, 5.74) is 2.03. The van der Waals surface area contributed by atoms with Crippen LogP contribution in [0.5, 0.6) is 0 Å². The molecule has 19 heavy (non-hydrogen) atoms. The molecular weight excluding hydrogens is 240 g/mol. The second kappa shape index (κ2) is 4.72. The molecular formula is C13H16N6. The molecule has 0 saturated heterocycles. The van der Waals surface area contributed by atoms with E-state index in [1.165, 1.54) is 5.56 Å². The van der Waals surface area contributed by atoms with Crippen molar-refractivity contribution in [3.8, 4) is 0 Å². The van der Waals surface area contributed by atoms with Gasteiger partial charge in [0.1, 0.15) is 0 Å². The number of aromatic nitrogens is 5. The Morgan fingerprint density at radius 1 is 1.37 bits per heavy atom. The second-order valence-electron chi connectivity index (χ2n) is 4.72. The fraction of sp³-hybridized carbons (Fsp3) is 0.308. The van der Waals surface area contributed by atoms with E-state index in [4.69, 9.17) is 0 Å². The maximum absolute atomic E-state index is 4.45. The van der Waals surface area contributed by atoms with Gasteiger partial charge in [-0.2, -0.15) is 10.1 Å². The maximum Gasteiger partial charge on any atom is 0.243 e. The van der Waals surface area contributed by atoms with Crippen LogP contribution in [-0.2, 0) is 6.54 Å². The summed E-state index contributed by atoms with van der Waals surface area (Å²) in [4.78, 5) is 4.45. The molecule has 0 aliphatic rings. The monoisotopic (exact) mass is 256 g/mol. The maximum atomic E-state index is 4.45. The van der Waals surface area contributed by atoms with E-state index in [1.807, 2.05) is 42.2 Å². The van der Waals surface area contributed by atoms with Crippen molar-refractivity contribution < 1.29 is 0 Å². The molecule has 98 valence electrons. The Morgan fingerprint density at radius 3 is 3.05 bits per heavy atom. The van der Waals surface area contributed by atoms with Gasteiger partial charge in [-0.05, 0) is 37.6 Å². The highest BCUT2D eigenvalue weighted by atomic mass is 15.4. The van der Waals surface area contributed by atoms with Gasteiger partial charge in [-0.1, -0.05) is 0 Å². The lowest BCUT2D eigenvalue weighted by Crippen LogP contribution is -2.22. The number of rotatable bonds is 4. The molecule has 3 aromatic rings. The Balaban J connectivity index is 1.74. The summed E-state index contributed by atoms with van der Waals surface area (Å²) >= 11 is 0. The zero-order valence-corrected chi connectivity index (χ0v) is 11.0. The average Bonchev–Trinajstić information content (AvgIpc) is 2.97. The molecule has 0 aliphatic heterocycles. The van der Waals surface area contributed by atoms with E-state index in [1.54, 1.807) is 10.7 Å². The number of hydrogen-bond acceptors (Lipinski definition) is 4. The molecule has 1 atom stereocenters. The summed E-state index contributed by atoms with van der Waals surface area (Å²) in [6.45, 7) is 4.91. The minimum Gasteiger partial charge on any atom is -0.349 e. The van der Waals surface area contributed by atoms with Gasteiger partial charge in [0, 0.05) is 24.6 Å². The molecule has 0 radical (unpaired) electrons. The van der Waals surface area contributed by atoms with Crippen molar-refractivity contribution in [1.29, 1.82) is 0 Å². The molecule has 0 aromatic carbocycles. The molecule has 3 rings (SSSR count). The molecule has 0 aliphatic carbocycles. The van der Waals surface area contributed by atoms with Crippen LogP contribution in [0, 0.1) is 6.92 Å². The first-order chi connectivity index (χ1) is 9.20. The van der Waals surface area contributed by atoms with E-state index >= 15 is 0 Å². The minimum atomic E-state index is 0.207. The lowest BCUT2D eigenvalue weighted by atomic mass is 10.3. The number of hydrogen-bond donors (Lipinski definition) is 1. The molecule has 6 nitrogen and oxygen atoms in total. The number of aryl methyl sites for hydroxylation is 1. The Kier molecular flexibility index (Phi) is 2.91. The lowest BCUT2D eigenvalue weighted by molar-refractivity contribution is 0.558. The zero-order valence-electron chi connectivity index (χ0n) is 11.0. The van der Waals surface area contributed by atoms with Crippen LogP contribution in [0.15, 0.2) is 36.8 Å². The summed E-state index contributed by atoms with van der Waals surface area (Å²) in [5, 5.41) is 11.9. The number of nitrogens with one attached hydrogen (secondary N) is 1. The first kappa shape index (κ1) is 11.7. The van der Waals surface area contributed by atoms with Crippen LogP contribution in [0.1, 0.15) is 12.5 Å². The van der Waals surface area contributed by atoms with Gasteiger partial charge >= 0.3 is 0 Å². The highest BCUT2D eigenvalue weighted by Gasteiger charge is 2.08. The topological polar surface area (TPSA) is 60.0 Å². The zero-order chi connectivity index (χ0) is 13.2. The fourth-order valence-electron chi connectivity index (χ4n) is 2.00. The molecule has 0 spiro atoms. The Labute approximate surface area is 111 Å². The Hall–Kier alpha value is -2.37. The highest BCUT2D eigenvalue weighted by molar-refractivity contribution is 5.45. The molecule has 1 unspecified atom stereocenters. The summed E-state index contributed by atoms with van der Waals surface area (Å²) in [7, 11) is 0. The number of nitrogens with zero attached hydrogens (tertiary/aromatic N) is 5.